The maximum Gasteiger partial charge on any atom is 0.0666 e. The van der Waals surface area contributed by atoms with Crippen LogP contribution in [0.4, 0.5) is 0 Å². The van der Waals surface area contributed by atoms with E-state index in [9.17, 15) is 0 Å². The van der Waals surface area contributed by atoms with Gasteiger partial charge in [-0.1, -0.05) is 6.07 Å². The average molecular weight is 320 g/mol. The van der Waals surface area contributed by atoms with Crippen LogP contribution in [0.1, 0.15) is 5.56 Å². The number of thioether (sulfide) groups is 1. The van der Waals surface area contributed by atoms with E-state index in [-0.39, 0.29) is 0 Å². The van der Waals surface area contributed by atoms with Gasteiger partial charge in [-0.25, -0.2) is 0 Å². The van der Waals surface area contributed by atoms with Gasteiger partial charge in [0.2, 0.25) is 0 Å². The molecule has 0 nitrogen and oxygen atoms in total. The predicted molar refractivity (Wildman–Crippen MR) is 71.1 cm³/mol. The third-order valence-corrected chi connectivity index (χ3v) is 4.89. The summed E-state index contributed by atoms with van der Waals surface area (Å²) in [6.07, 6.45) is 2.14. The molecule has 0 saturated heterocycles. The molecule has 2 rings (SSSR count). The Kier molecular flexibility index (Phi) is 2.86. The first-order valence-electron chi connectivity index (χ1n) is 3.95. The second-order valence-electron chi connectivity index (χ2n) is 2.88. The fourth-order valence-electron chi connectivity index (χ4n) is 1.36. The molecule has 0 radical (unpaired) electrons. The van der Waals surface area contributed by atoms with Crippen molar-refractivity contribution < 1.29 is 0 Å². The van der Waals surface area contributed by atoms with Crippen LogP contribution >= 0.6 is 45.7 Å². The fourth-order valence-corrected chi connectivity index (χ4v) is 4.08. The first-order chi connectivity index (χ1) is 6.22. The average Bonchev–Trinajstić information content (AvgIpc) is 2.48. The summed E-state index contributed by atoms with van der Waals surface area (Å²) in [4.78, 5) is 1.40. The van der Waals surface area contributed by atoms with Crippen molar-refractivity contribution in [1.82, 2.24) is 0 Å². The Morgan fingerprint density at radius 1 is 1.38 bits per heavy atom. The number of hydrogen-bond donors (Lipinski definition) is 0. The number of rotatable bonds is 1. The normalized spacial score (nSPS) is 11.0. The number of fused-ring (bicyclic) bond motifs is 1. The summed E-state index contributed by atoms with van der Waals surface area (Å²) >= 11 is 6.10. The van der Waals surface area contributed by atoms with Crippen LogP contribution in [0.3, 0.4) is 0 Å². The molecule has 0 spiro atoms. The molecule has 2 aromatic rings. The zero-order valence-corrected chi connectivity index (χ0v) is 11.2. The number of halogens is 1. The Hall–Kier alpha value is 0.260. The van der Waals surface area contributed by atoms with Crippen molar-refractivity contribution in [2.24, 2.45) is 0 Å². The lowest BCUT2D eigenvalue weighted by atomic mass is 10.2. The van der Waals surface area contributed by atoms with Crippen LogP contribution in [0, 0.1) is 9.81 Å². The van der Waals surface area contributed by atoms with Gasteiger partial charge in [-0.05, 0) is 58.9 Å². The molecule has 1 heterocycles. The molecule has 68 valence electrons. The van der Waals surface area contributed by atoms with Crippen LogP contribution < -0.4 is 0 Å². The Labute approximate surface area is 99.9 Å². The van der Waals surface area contributed by atoms with E-state index in [1.165, 1.54) is 23.4 Å². The molecule has 3 heteroatoms. The highest BCUT2D eigenvalue weighted by molar-refractivity contribution is 14.1. The molecule has 0 atom stereocenters. The molecule has 0 aliphatic heterocycles. The highest BCUT2D eigenvalue weighted by Gasteiger charge is 2.06. The molecule has 1 aromatic heterocycles. The third kappa shape index (κ3) is 1.74. The van der Waals surface area contributed by atoms with Crippen molar-refractivity contribution in [2.75, 3.05) is 6.26 Å². The second kappa shape index (κ2) is 3.79. The molecule has 13 heavy (non-hydrogen) atoms. The fraction of sp³-hybridized carbons (Fsp3) is 0.200. The van der Waals surface area contributed by atoms with Crippen molar-refractivity contribution in [1.29, 1.82) is 0 Å². The van der Waals surface area contributed by atoms with Crippen LogP contribution in [0.5, 0.6) is 0 Å². The van der Waals surface area contributed by atoms with E-state index in [4.69, 9.17) is 0 Å². The van der Waals surface area contributed by atoms with E-state index >= 15 is 0 Å². The van der Waals surface area contributed by atoms with E-state index in [1.54, 1.807) is 0 Å². The summed E-state index contributed by atoms with van der Waals surface area (Å²) in [6.45, 7) is 2.18. The number of benzene rings is 1. The molecular formula is C10H9IS2. The van der Waals surface area contributed by atoms with Crippen molar-refractivity contribution in [3.05, 3.63) is 26.6 Å². The lowest BCUT2D eigenvalue weighted by Gasteiger charge is -2.00. The monoisotopic (exact) mass is 320 g/mol. The summed E-state index contributed by atoms with van der Waals surface area (Å²) in [5.41, 5.74) is 1.38. The molecule has 0 aliphatic rings. The molecule has 0 saturated carbocycles. The summed E-state index contributed by atoms with van der Waals surface area (Å²) in [7, 11) is 0. The van der Waals surface area contributed by atoms with Gasteiger partial charge in [0.1, 0.15) is 0 Å². The zero-order valence-electron chi connectivity index (χ0n) is 7.43. The topological polar surface area (TPSA) is 0 Å². The largest absolute Gasteiger partial charge is 0.128 e. The van der Waals surface area contributed by atoms with Gasteiger partial charge in [0.25, 0.3) is 0 Å². The van der Waals surface area contributed by atoms with E-state index in [0.717, 1.165) is 0 Å². The number of thiophene rings is 1. The highest BCUT2D eigenvalue weighted by atomic mass is 127. The van der Waals surface area contributed by atoms with Crippen LogP contribution in [-0.2, 0) is 0 Å². The minimum Gasteiger partial charge on any atom is -0.128 e. The first-order valence-corrected chi connectivity index (χ1v) is 7.07. The maximum absolute atomic E-state index is 2.39. The van der Waals surface area contributed by atoms with Gasteiger partial charge in [-0.15, -0.1) is 23.1 Å². The Bertz CT molecular complexity index is 445. The molecule has 0 bridgehead atoms. The van der Waals surface area contributed by atoms with Crippen LogP contribution in [0.25, 0.3) is 10.1 Å². The minimum absolute atomic E-state index is 1.37. The van der Waals surface area contributed by atoms with Gasteiger partial charge in [-0.2, -0.15) is 0 Å². The molecule has 0 fully saturated rings. The Balaban J connectivity index is 2.83. The number of aryl methyl sites for hydroxylation is 1. The van der Waals surface area contributed by atoms with Crippen molar-refractivity contribution in [3.8, 4) is 0 Å². The smallest absolute Gasteiger partial charge is 0.0666 e. The van der Waals surface area contributed by atoms with Gasteiger partial charge in [0.15, 0.2) is 0 Å². The molecule has 0 amide bonds. The molecule has 0 unspecified atom stereocenters. The molecular weight excluding hydrogens is 311 g/mol. The van der Waals surface area contributed by atoms with Crippen LogP contribution in [0.15, 0.2) is 23.1 Å². The standard InChI is InChI=1S/C10H9IS2/c1-6-3-4-8(12-2)10-7(6)5-9(11)13-10/h3-5H,1-2H3. The zero-order chi connectivity index (χ0) is 9.42. The van der Waals surface area contributed by atoms with E-state index < -0.39 is 0 Å². The molecule has 1 aromatic carbocycles. The van der Waals surface area contributed by atoms with Crippen molar-refractivity contribution >= 4 is 55.8 Å². The minimum atomic E-state index is 1.37. The van der Waals surface area contributed by atoms with E-state index in [0.29, 0.717) is 0 Å². The Morgan fingerprint density at radius 3 is 2.85 bits per heavy atom. The predicted octanol–water partition coefficient (Wildman–Crippen LogP) is 4.54. The summed E-state index contributed by atoms with van der Waals surface area (Å²) in [5.74, 6) is 0. The van der Waals surface area contributed by atoms with E-state index in [1.807, 2.05) is 23.1 Å². The van der Waals surface area contributed by atoms with E-state index in [2.05, 4.69) is 54.0 Å². The quantitative estimate of drug-likeness (QED) is 0.549. The van der Waals surface area contributed by atoms with Crippen molar-refractivity contribution in [2.45, 2.75) is 11.8 Å². The summed E-state index contributed by atoms with van der Waals surface area (Å²) < 4.78 is 2.81. The highest BCUT2D eigenvalue weighted by Crippen LogP contribution is 2.35. The van der Waals surface area contributed by atoms with Gasteiger partial charge >= 0.3 is 0 Å². The molecule has 0 N–H and O–H groups in total. The van der Waals surface area contributed by atoms with Gasteiger partial charge in [0, 0.05) is 9.60 Å². The van der Waals surface area contributed by atoms with Crippen LogP contribution in [-0.4, -0.2) is 6.26 Å². The lowest BCUT2D eigenvalue weighted by Crippen LogP contribution is -1.75. The Morgan fingerprint density at radius 2 is 2.15 bits per heavy atom. The maximum atomic E-state index is 2.39. The summed E-state index contributed by atoms with van der Waals surface area (Å²) in [6, 6.07) is 6.70. The van der Waals surface area contributed by atoms with Gasteiger partial charge in [-0.3, -0.25) is 0 Å². The second-order valence-corrected chi connectivity index (χ2v) is 6.67. The number of hydrogen-bond acceptors (Lipinski definition) is 2. The SMILES string of the molecule is CSc1ccc(C)c2cc(I)sc12. The molecule has 0 aliphatic carbocycles. The first kappa shape index (κ1) is 9.80. The lowest BCUT2D eigenvalue weighted by molar-refractivity contribution is 1.48. The van der Waals surface area contributed by atoms with Crippen molar-refractivity contribution in [3.63, 3.8) is 0 Å². The third-order valence-electron chi connectivity index (χ3n) is 2.06. The van der Waals surface area contributed by atoms with Crippen LogP contribution in [0.2, 0.25) is 0 Å². The van der Waals surface area contributed by atoms with Gasteiger partial charge in [0.05, 0.1) is 2.88 Å². The van der Waals surface area contributed by atoms with Gasteiger partial charge < -0.3 is 0 Å². The summed E-state index contributed by atoms with van der Waals surface area (Å²) in [5, 5.41) is 1.42.